The fraction of sp³-hybridized carbons (Fsp3) is 0.412. The van der Waals surface area contributed by atoms with Crippen molar-refractivity contribution in [1.82, 2.24) is 15.6 Å². The van der Waals surface area contributed by atoms with E-state index in [4.69, 9.17) is 0 Å². The number of aryl methyl sites for hydroxylation is 2. The Morgan fingerprint density at radius 2 is 1.95 bits per heavy atom. The number of guanidine groups is 1. The standard InChI is InChI=1S/C17H24N4S/c1-4-18-17(19-11-10-15-8-6-5-7-9-15)20-12-16-13(2)21-14(3)22-16/h5-9H,4,10-12H2,1-3H3,(H2,18,19,20). The lowest BCUT2D eigenvalue weighted by molar-refractivity contribution is 0.800. The molecule has 4 nitrogen and oxygen atoms in total. The molecule has 0 spiro atoms. The molecule has 0 saturated carbocycles. The molecule has 0 amide bonds. The van der Waals surface area contributed by atoms with E-state index in [1.54, 1.807) is 11.3 Å². The Morgan fingerprint density at radius 1 is 1.18 bits per heavy atom. The van der Waals surface area contributed by atoms with E-state index in [-0.39, 0.29) is 0 Å². The highest BCUT2D eigenvalue weighted by atomic mass is 32.1. The smallest absolute Gasteiger partial charge is 0.191 e. The van der Waals surface area contributed by atoms with Crippen molar-refractivity contribution in [2.75, 3.05) is 13.1 Å². The van der Waals surface area contributed by atoms with Crippen molar-refractivity contribution in [2.45, 2.75) is 33.7 Å². The molecule has 0 radical (unpaired) electrons. The molecule has 0 bridgehead atoms. The monoisotopic (exact) mass is 316 g/mol. The van der Waals surface area contributed by atoms with Gasteiger partial charge in [-0.2, -0.15) is 0 Å². The summed E-state index contributed by atoms with van der Waals surface area (Å²) in [5, 5.41) is 7.78. The first kappa shape index (κ1) is 16.5. The minimum atomic E-state index is 0.679. The Labute approximate surface area is 136 Å². The van der Waals surface area contributed by atoms with Gasteiger partial charge >= 0.3 is 0 Å². The third-order valence-corrected chi connectivity index (χ3v) is 4.33. The van der Waals surface area contributed by atoms with Crippen molar-refractivity contribution < 1.29 is 0 Å². The predicted octanol–water partition coefficient (Wildman–Crippen LogP) is 3.06. The van der Waals surface area contributed by atoms with Gasteiger partial charge in [-0.15, -0.1) is 11.3 Å². The van der Waals surface area contributed by atoms with E-state index in [1.807, 2.05) is 19.9 Å². The van der Waals surface area contributed by atoms with Crippen molar-refractivity contribution in [3.63, 3.8) is 0 Å². The van der Waals surface area contributed by atoms with Gasteiger partial charge in [0, 0.05) is 18.0 Å². The molecule has 1 aromatic carbocycles. The minimum absolute atomic E-state index is 0.679. The van der Waals surface area contributed by atoms with Gasteiger partial charge in [-0.1, -0.05) is 30.3 Å². The summed E-state index contributed by atoms with van der Waals surface area (Å²) in [5.41, 5.74) is 2.42. The first-order valence-corrected chi connectivity index (χ1v) is 8.49. The normalized spacial score (nSPS) is 11.5. The average Bonchev–Trinajstić information content (AvgIpc) is 2.84. The topological polar surface area (TPSA) is 49.3 Å². The van der Waals surface area contributed by atoms with Crippen molar-refractivity contribution in [3.05, 3.63) is 51.5 Å². The van der Waals surface area contributed by atoms with Gasteiger partial charge in [0.2, 0.25) is 0 Å². The maximum Gasteiger partial charge on any atom is 0.191 e. The van der Waals surface area contributed by atoms with Gasteiger partial charge in [0.1, 0.15) is 0 Å². The van der Waals surface area contributed by atoms with Gasteiger partial charge in [0.25, 0.3) is 0 Å². The lowest BCUT2D eigenvalue weighted by atomic mass is 10.1. The number of hydrogen-bond donors (Lipinski definition) is 2. The van der Waals surface area contributed by atoms with Crippen LogP contribution in [0.5, 0.6) is 0 Å². The fourth-order valence-corrected chi connectivity index (χ4v) is 3.04. The van der Waals surface area contributed by atoms with Crippen LogP contribution < -0.4 is 10.6 Å². The zero-order chi connectivity index (χ0) is 15.8. The molecular weight excluding hydrogens is 292 g/mol. The number of aromatic nitrogens is 1. The molecule has 5 heteroatoms. The SMILES string of the molecule is CCNC(=NCc1sc(C)nc1C)NCCc1ccccc1. The lowest BCUT2D eigenvalue weighted by Crippen LogP contribution is -2.38. The summed E-state index contributed by atoms with van der Waals surface area (Å²) >= 11 is 1.72. The molecule has 0 saturated heterocycles. The number of thiazole rings is 1. The molecule has 2 rings (SSSR count). The van der Waals surface area contributed by atoms with Crippen LogP contribution in [0.1, 0.15) is 28.1 Å². The molecule has 2 aromatic rings. The second-order valence-corrected chi connectivity index (χ2v) is 6.39. The Hall–Kier alpha value is -1.88. The highest BCUT2D eigenvalue weighted by Crippen LogP contribution is 2.17. The summed E-state index contributed by atoms with van der Waals surface area (Å²) in [6.45, 7) is 8.57. The quantitative estimate of drug-likeness (QED) is 0.636. The van der Waals surface area contributed by atoms with Crippen molar-refractivity contribution in [2.24, 2.45) is 4.99 Å². The zero-order valence-electron chi connectivity index (χ0n) is 13.5. The lowest BCUT2D eigenvalue weighted by Gasteiger charge is -2.11. The van der Waals surface area contributed by atoms with E-state index in [2.05, 4.69) is 51.8 Å². The molecule has 1 heterocycles. The molecule has 0 aliphatic heterocycles. The third-order valence-electron chi connectivity index (χ3n) is 3.27. The number of benzene rings is 1. The van der Waals surface area contributed by atoms with Crippen LogP contribution in [0.25, 0.3) is 0 Å². The molecule has 0 aliphatic rings. The van der Waals surface area contributed by atoms with Crippen LogP contribution in [-0.2, 0) is 13.0 Å². The summed E-state index contributed by atoms with van der Waals surface area (Å²) in [6, 6.07) is 10.5. The van der Waals surface area contributed by atoms with E-state index in [0.29, 0.717) is 6.54 Å². The van der Waals surface area contributed by atoms with E-state index >= 15 is 0 Å². The maximum absolute atomic E-state index is 4.65. The largest absolute Gasteiger partial charge is 0.357 e. The number of rotatable bonds is 6. The molecular formula is C17H24N4S. The molecule has 1 aromatic heterocycles. The average molecular weight is 316 g/mol. The van der Waals surface area contributed by atoms with Gasteiger partial charge in [-0.3, -0.25) is 0 Å². The summed E-state index contributed by atoms with van der Waals surface area (Å²) in [6.07, 6.45) is 0.990. The summed E-state index contributed by atoms with van der Waals surface area (Å²) in [4.78, 5) is 10.3. The van der Waals surface area contributed by atoms with Crippen LogP contribution in [-0.4, -0.2) is 24.0 Å². The summed E-state index contributed by atoms with van der Waals surface area (Å²) < 4.78 is 0. The van der Waals surface area contributed by atoms with Crippen molar-refractivity contribution >= 4 is 17.3 Å². The second-order valence-electron chi connectivity index (χ2n) is 5.10. The molecule has 0 aliphatic carbocycles. The minimum Gasteiger partial charge on any atom is -0.357 e. The van der Waals surface area contributed by atoms with E-state index < -0.39 is 0 Å². The highest BCUT2D eigenvalue weighted by Gasteiger charge is 2.04. The summed E-state index contributed by atoms with van der Waals surface area (Å²) in [5.74, 6) is 0.865. The van der Waals surface area contributed by atoms with E-state index in [0.717, 1.165) is 36.2 Å². The molecule has 0 atom stereocenters. The first-order chi connectivity index (χ1) is 10.7. The van der Waals surface area contributed by atoms with Gasteiger partial charge in [0.05, 0.1) is 17.2 Å². The van der Waals surface area contributed by atoms with Gasteiger partial charge in [-0.05, 0) is 32.8 Å². The van der Waals surface area contributed by atoms with Crippen LogP contribution in [0.4, 0.5) is 0 Å². The van der Waals surface area contributed by atoms with E-state index in [9.17, 15) is 0 Å². The predicted molar refractivity (Wildman–Crippen MR) is 94.6 cm³/mol. The number of nitrogens with one attached hydrogen (secondary N) is 2. The van der Waals surface area contributed by atoms with Gasteiger partial charge < -0.3 is 10.6 Å². The number of aliphatic imine (C=N–C) groups is 1. The molecule has 22 heavy (non-hydrogen) atoms. The van der Waals surface area contributed by atoms with Crippen LogP contribution in [0, 0.1) is 13.8 Å². The van der Waals surface area contributed by atoms with Crippen LogP contribution in [0.2, 0.25) is 0 Å². The van der Waals surface area contributed by atoms with Gasteiger partial charge in [-0.25, -0.2) is 9.98 Å². The Kier molecular flexibility index (Phi) is 6.40. The second kappa shape index (κ2) is 8.54. The Bertz CT molecular complexity index is 604. The molecule has 118 valence electrons. The number of hydrogen-bond acceptors (Lipinski definition) is 3. The van der Waals surface area contributed by atoms with E-state index in [1.165, 1.54) is 10.4 Å². The zero-order valence-corrected chi connectivity index (χ0v) is 14.3. The van der Waals surface area contributed by atoms with Crippen LogP contribution >= 0.6 is 11.3 Å². The van der Waals surface area contributed by atoms with Gasteiger partial charge in [0.15, 0.2) is 5.96 Å². The molecule has 0 unspecified atom stereocenters. The third kappa shape index (κ3) is 5.15. The summed E-state index contributed by atoms with van der Waals surface area (Å²) in [7, 11) is 0. The first-order valence-electron chi connectivity index (χ1n) is 7.68. The van der Waals surface area contributed by atoms with Crippen molar-refractivity contribution in [1.29, 1.82) is 0 Å². The number of nitrogens with zero attached hydrogens (tertiary/aromatic N) is 2. The van der Waals surface area contributed by atoms with Crippen LogP contribution in [0.15, 0.2) is 35.3 Å². The molecule has 0 fully saturated rings. The Balaban J connectivity index is 1.88. The highest BCUT2D eigenvalue weighted by molar-refractivity contribution is 7.11. The maximum atomic E-state index is 4.65. The molecule has 2 N–H and O–H groups in total. The Morgan fingerprint density at radius 3 is 2.59 bits per heavy atom. The van der Waals surface area contributed by atoms with Crippen molar-refractivity contribution in [3.8, 4) is 0 Å². The fourth-order valence-electron chi connectivity index (χ4n) is 2.18. The van der Waals surface area contributed by atoms with Crippen LogP contribution in [0.3, 0.4) is 0 Å².